The van der Waals surface area contributed by atoms with Gasteiger partial charge in [-0.2, -0.15) is 0 Å². The molecule has 0 N–H and O–H groups in total. The van der Waals surface area contributed by atoms with E-state index in [2.05, 4.69) is 9.80 Å². The Balaban J connectivity index is 0.770. The van der Waals surface area contributed by atoms with Crippen molar-refractivity contribution in [2.24, 2.45) is 59.2 Å². The lowest BCUT2D eigenvalue weighted by molar-refractivity contribution is -0.0757. The first-order valence-electron chi connectivity index (χ1n) is 28.3. The van der Waals surface area contributed by atoms with Crippen LogP contribution in [0.3, 0.4) is 0 Å². The second-order valence-electron chi connectivity index (χ2n) is 24.2. The van der Waals surface area contributed by atoms with Crippen molar-refractivity contribution in [3.63, 3.8) is 0 Å². The second kappa shape index (κ2) is 20.2. The summed E-state index contributed by atoms with van der Waals surface area (Å²) < 4.78 is 0. The third-order valence-electron chi connectivity index (χ3n) is 21.7. The zero-order chi connectivity index (χ0) is 38.7. The number of fused-ring (bicyclic) bond motifs is 2. The maximum atomic E-state index is 3.25. The maximum Gasteiger partial charge on any atom is 0.0101 e. The average Bonchev–Trinajstić information content (AvgIpc) is 3.31. The highest BCUT2D eigenvalue weighted by atomic mass is 15.2. The van der Waals surface area contributed by atoms with Crippen molar-refractivity contribution >= 4 is 0 Å². The fourth-order valence-electron chi connectivity index (χ4n) is 19.3. The average molecular weight is 797 g/mol. The standard InChI is InChI=1S/C56H96N2/c1-5-17-43(18-6-1)57(44-19-7-2-8-20-44)47-33-29-41(30-34-47)49-37-39-55(53-27-15-13-25-51(49)53)56-40-38-50(52-26-14-16-28-54(52)56)42-31-35-48(36-32-42)58(45-21-9-3-10-22-45)46-23-11-4-12-24-46/h41-56H,1-40H2. The van der Waals surface area contributed by atoms with Crippen LogP contribution in [0.15, 0.2) is 0 Å². The van der Waals surface area contributed by atoms with Crippen molar-refractivity contribution < 1.29 is 0 Å². The molecule has 8 atom stereocenters. The summed E-state index contributed by atoms with van der Waals surface area (Å²) >= 11 is 0. The predicted molar refractivity (Wildman–Crippen MR) is 246 cm³/mol. The molecule has 8 unspecified atom stereocenters. The molecular formula is C56H96N2. The quantitative estimate of drug-likeness (QED) is 0.229. The first kappa shape index (κ1) is 41.9. The zero-order valence-electron chi connectivity index (χ0n) is 38.4. The van der Waals surface area contributed by atoms with Crippen molar-refractivity contribution in [2.45, 2.75) is 293 Å². The number of rotatable bonds is 9. The van der Waals surface area contributed by atoms with Crippen LogP contribution in [-0.2, 0) is 0 Å². The molecule has 0 aromatic heterocycles. The molecule has 0 bridgehead atoms. The minimum Gasteiger partial charge on any atom is -0.294 e. The van der Waals surface area contributed by atoms with Crippen LogP contribution in [0.1, 0.15) is 257 Å². The van der Waals surface area contributed by atoms with E-state index < -0.39 is 0 Å². The van der Waals surface area contributed by atoms with Crippen molar-refractivity contribution in [1.29, 1.82) is 0 Å². The third kappa shape index (κ3) is 9.13. The number of hydrogen-bond donors (Lipinski definition) is 0. The van der Waals surface area contributed by atoms with E-state index in [1.54, 1.807) is 128 Å². The summed E-state index contributed by atoms with van der Waals surface area (Å²) in [5, 5.41) is 0. The van der Waals surface area contributed by atoms with Gasteiger partial charge in [0.2, 0.25) is 0 Å². The summed E-state index contributed by atoms with van der Waals surface area (Å²) in [7, 11) is 0. The highest BCUT2D eigenvalue weighted by molar-refractivity contribution is 5.02. The van der Waals surface area contributed by atoms with Crippen LogP contribution in [0, 0.1) is 59.2 Å². The highest BCUT2D eigenvalue weighted by Crippen LogP contribution is 2.60. The van der Waals surface area contributed by atoms with E-state index in [0.717, 1.165) is 95.4 Å². The minimum atomic E-state index is 0.933. The fraction of sp³-hybridized carbons (Fsp3) is 1.00. The highest BCUT2D eigenvalue weighted by Gasteiger charge is 2.52. The molecule has 10 fully saturated rings. The van der Waals surface area contributed by atoms with Gasteiger partial charge in [-0.15, -0.1) is 0 Å². The molecule has 2 heteroatoms. The van der Waals surface area contributed by atoms with Gasteiger partial charge in [0.15, 0.2) is 0 Å². The van der Waals surface area contributed by atoms with Gasteiger partial charge in [-0.25, -0.2) is 0 Å². The largest absolute Gasteiger partial charge is 0.294 e. The smallest absolute Gasteiger partial charge is 0.0101 e. The number of nitrogens with zero attached hydrogens (tertiary/aromatic N) is 2. The molecule has 330 valence electrons. The molecule has 10 aliphatic carbocycles. The van der Waals surface area contributed by atoms with Gasteiger partial charge in [0.05, 0.1) is 0 Å². The van der Waals surface area contributed by atoms with Gasteiger partial charge >= 0.3 is 0 Å². The second-order valence-corrected chi connectivity index (χ2v) is 24.2. The van der Waals surface area contributed by atoms with E-state index in [1.807, 2.05) is 0 Å². The van der Waals surface area contributed by atoms with Crippen LogP contribution < -0.4 is 0 Å². The first-order chi connectivity index (χ1) is 28.8. The molecule has 0 aromatic rings. The summed E-state index contributed by atoms with van der Waals surface area (Å²) in [4.78, 5) is 6.50. The Kier molecular flexibility index (Phi) is 14.6. The first-order valence-corrected chi connectivity index (χ1v) is 28.3. The zero-order valence-corrected chi connectivity index (χ0v) is 38.4. The van der Waals surface area contributed by atoms with Gasteiger partial charge < -0.3 is 0 Å². The van der Waals surface area contributed by atoms with Crippen LogP contribution in [0.2, 0.25) is 0 Å². The molecule has 0 saturated heterocycles. The Morgan fingerprint density at radius 3 is 0.655 bits per heavy atom. The summed E-state index contributed by atoms with van der Waals surface area (Å²) in [5.74, 6) is 11.0. The molecule has 10 rings (SSSR count). The van der Waals surface area contributed by atoms with E-state index in [0.29, 0.717) is 0 Å². The molecule has 10 saturated carbocycles. The summed E-state index contributed by atoms with van der Waals surface area (Å²) in [6.07, 6.45) is 62.2. The van der Waals surface area contributed by atoms with Gasteiger partial charge in [0.25, 0.3) is 0 Å². The van der Waals surface area contributed by atoms with Crippen molar-refractivity contribution in [3.8, 4) is 0 Å². The summed E-state index contributed by atoms with van der Waals surface area (Å²) in [5.41, 5.74) is 0. The Morgan fingerprint density at radius 2 is 0.362 bits per heavy atom. The van der Waals surface area contributed by atoms with Crippen LogP contribution in [0.4, 0.5) is 0 Å². The molecule has 0 aromatic carbocycles. The van der Waals surface area contributed by atoms with Crippen LogP contribution in [0.5, 0.6) is 0 Å². The van der Waals surface area contributed by atoms with E-state index in [9.17, 15) is 0 Å². The van der Waals surface area contributed by atoms with Crippen molar-refractivity contribution in [1.82, 2.24) is 9.80 Å². The Hall–Kier alpha value is -0.0800. The molecule has 58 heavy (non-hydrogen) atoms. The van der Waals surface area contributed by atoms with Gasteiger partial charge in [0, 0.05) is 36.3 Å². The van der Waals surface area contributed by atoms with Crippen LogP contribution >= 0.6 is 0 Å². The SMILES string of the molecule is C1CCC(N(C2CCCCC2)C2CCC(C3CCC(C4CCC(C5CCC(N(C6CCCCC6)C6CCCCC6)CC5)C5CCCCC54)C4CCCCC34)CC2)CC1. The minimum absolute atomic E-state index is 0.933. The van der Waals surface area contributed by atoms with Crippen molar-refractivity contribution in [3.05, 3.63) is 0 Å². The summed E-state index contributed by atoms with van der Waals surface area (Å²) in [6.45, 7) is 0. The lowest BCUT2D eigenvalue weighted by atomic mass is 9.49. The lowest BCUT2D eigenvalue weighted by Gasteiger charge is -2.57. The lowest BCUT2D eigenvalue weighted by Crippen LogP contribution is -2.53. The molecule has 0 aliphatic heterocycles. The summed E-state index contributed by atoms with van der Waals surface area (Å²) in [6, 6.07) is 5.62. The molecular weight excluding hydrogens is 701 g/mol. The molecule has 10 aliphatic rings. The number of hydrogen-bond acceptors (Lipinski definition) is 2. The van der Waals surface area contributed by atoms with Gasteiger partial charge in [-0.3, -0.25) is 9.80 Å². The van der Waals surface area contributed by atoms with E-state index in [1.165, 1.54) is 128 Å². The van der Waals surface area contributed by atoms with E-state index in [-0.39, 0.29) is 0 Å². The van der Waals surface area contributed by atoms with Crippen molar-refractivity contribution in [2.75, 3.05) is 0 Å². The fourth-order valence-corrected chi connectivity index (χ4v) is 19.3. The Morgan fingerprint density at radius 1 is 0.155 bits per heavy atom. The molecule has 0 spiro atoms. The molecule has 0 heterocycles. The van der Waals surface area contributed by atoms with Gasteiger partial charge in [-0.05, 0) is 213 Å². The predicted octanol–water partition coefficient (Wildman–Crippen LogP) is 15.7. The monoisotopic (exact) mass is 797 g/mol. The topological polar surface area (TPSA) is 6.48 Å². The molecule has 0 radical (unpaired) electrons. The molecule has 2 nitrogen and oxygen atoms in total. The third-order valence-corrected chi connectivity index (χ3v) is 21.7. The Bertz CT molecular complexity index is 1070. The van der Waals surface area contributed by atoms with Crippen LogP contribution in [-0.4, -0.2) is 46.1 Å². The van der Waals surface area contributed by atoms with E-state index >= 15 is 0 Å². The van der Waals surface area contributed by atoms with Gasteiger partial charge in [-0.1, -0.05) is 103 Å². The van der Waals surface area contributed by atoms with Crippen LogP contribution in [0.25, 0.3) is 0 Å². The maximum absolute atomic E-state index is 3.25. The molecule has 0 amide bonds. The van der Waals surface area contributed by atoms with Gasteiger partial charge in [0.1, 0.15) is 0 Å². The Labute approximate surface area is 360 Å². The van der Waals surface area contributed by atoms with E-state index in [4.69, 9.17) is 0 Å². The normalized spacial score (nSPS) is 43.6.